The molecule has 17 heavy (non-hydrogen) atoms. The van der Waals surface area contributed by atoms with Crippen LogP contribution in [-0.2, 0) is 0 Å². The molecule has 0 saturated heterocycles. The molecule has 1 heterocycles. The second-order valence-electron chi connectivity index (χ2n) is 3.59. The van der Waals surface area contributed by atoms with Crippen LogP contribution in [0.3, 0.4) is 0 Å². The lowest BCUT2D eigenvalue weighted by molar-refractivity contribution is 0.565. The number of hydrogen-bond donors (Lipinski definition) is 2. The molecule has 0 amide bonds. The summed E-state index contributed by atoms with van der Waals surface area (Å²) in [5, 5.41) is 0. The van der Waals surface area contributed by atoms with Crippen molar-refractivity contribution in [2.24, 2.45) is 10.7 Å². The number of rotatable bonds is 4. The third-order valence-electron chi connectivity index (χ3n) is 2.36. The zero-order valence-electron chi connectivity index (χ0n) is 9.88. The fourth-order valence-electron chi connectivity index (χ4n) is 1.32. The summed E-state index contributed by atoms with van der Waals surface area (Å²) >= 11 is 0. The Balaban J connectivity index is 3.05. The molecule has 0 aliphatic rings. The minimum absolute atomic E-state index is 0.00944. The van der Waals surface area contributed by atoms with Crippen molar-refractivity contribution >= 4 is 11.3 Å². The lowest BCUT2D eigenvalue weighted by atomic mass is 10.1. The predicted octanol–water partition coefficient (Wildman–Crippen LogP) is 0.650. The predicted molar refractivity (Wildman–Crippen MR) is 65.6 cm³/mol. The number of allylic oxidation sites excluding steroid dienone is 1. The first-order valence-electron chi connectivity index (χ1n) is 5.08. The van der Waals surface area contributed by atoms with Crippen LogP contribution in [0.1, 0.15) is 17.8 Å². The van der Waals surface area contributed by atoms with E-state index in [-0.39, 0.29) is 17.9 Å². The van der Waals surface area contributed by atoms with Crippen molar-refractivity contribution in [3.8, 4) is 0 Å². The summed E-state index contributed by atoms with van der Waals surface area (Å²) in [5.41, 5.74) is 6.20. The van der Waals surface area contributed by atoms with Crippen molar-refractivity contribution in [2.45, 2.75) is 13.3 Å². The van der Waals surface area contributed by atoms with Gasteiger partial charge < -0.3 is 10.7 Å². The van der Waals surface area contributed by atoms with E-state index >= 15 is 0 Å². The van der Waals surface area contributed by atoms with Gasteiger partial charge in [0.25, 0.3) is 5.56 Å². The zero-order chi connectivity index (χ0) is 13.0. The van der Waals surface area contributed by atoms with Crippen LogP contribution in [0.5, 0.6) is 0 Å². The van der Waals surface area contributed by atoms with Crippen molar-refractivity contribution in [3.63, 3.8) is 0 Å². The van der Waals surface area contributed by atoms with Crippen LogP contribution in [0, 0.1) is 12.9 Å². The maximum Gasteiger partial charge on any atom is 0.269 e. The number of aromatic nitrogens is 2. The minimum atomic E-state index is -0.737. The number of aromatic amines is 1. The topological polar surface area (TPSA) is 84.1 Å². The van der Waals surface area contributed by atoms with Crippen LogP contribution in [0.4, 0.5) is 4.39 Å². The SMILES string of the molecule is C=C(CC(CN)=NC)c1[nH]c(=O)c(C)nc1F. The molecule has 0 aromatic carbocycles. The normalized spacial score (nSPS) is 11.6. The van der Waals surface area contributed by atoms with Crippen molar-refractivity contribution in [1.82, 2.24) is 9.97 Å². The van der Waals surface area contributed by atoms with Crippen LogP contribution in [-0.4, -0.2) is 29.3 Å². The Morgan fingerprint density at radius 2 is 2.29 bits per heavy atom. The smallest absolute Gasteiger partial charge is 0.269 e. The quantitative estimate of drug-likeness (QED) is 0.755. The number of halogens is 1. The minimum Gasteiger partial charge on any atom is -0.325 e. The van der Waals surface area contributed by atoms with Gasteiger partial charge in [0.2, 0.25) is 5.95 Å². The summed E-state index contributed by atoms with van der Waals surface area (Å²) in [5.74, 6) is -0.737. The van der Waals surface area contributed by atoms with E-state index in [1.54, 1.807) is 7.05 Å². The van der Waals surface area contributed by atoms with Crippen LogP contribution in [0.2, 0.25) is 0 Å². The van der Waals surface area contributed by atoms with E-state index in [9.17, 15) is 9.18 Å². The van der Waals surface area contributed by atoms with Crippen molar-refractivity contribution in [3.05, 3.63) is 34.3 Å². The molecule has 3 N–H and O–H groups in total. The van der Waals surface area contributed by atoms with E-state index in [0.717, 1.165) is 0 Å². The largest absolute Gasteiger partial charge is 0.325 e. The van der Waals surface area contributed by atoms with Gasteiger partial charge in [-0.1, -0.05) is 6.58 Å². The van der Waals surface area contributed by atoms with E-state index in [0.29, 0.717) is 17.7 Å². The van der Waals surface area contributed by atoms with Crippen LogP contribution >= 0.6 is 0 Å². The molecule has 0 atom stereocenters. The monoisotopic (exact) mass is 238 g/mol. The fraction of sp³-hybridized carbons (Fsp3) is 0.364. The molecule has 0 bridgehead atoms. The summed E-state index contributed by atoms with van der Waals surface area (Å²) in [4.78, 5) is 21.2. The second kappa shape index (κ2) is 5.49. The summed E-state index contributed by atoms with van der Waals surface area (Å²) in [6, 6.07) is 0. The van der Waals surface area contributed by atoms with E-state index < -0.39 is 11.5 Å². The number of nitrogens with two attached hydrogens (primary N) is 1. The van der Waals surface area contributed by atoms with Gasteiger partial charge in [-0.3, -0.25) is 9.79 Å². The van der Waals surface area contributed by atoms with Gasteiger partial charge in [0.1, 0.15) is 5.69 Å². The standard InChI is InChI=1S/C11H15FN4O/c1-6(4-8(5-13)14-3)9-10(12)15-7(2)11(17)16-9/h1,4-5,13H2,2-3H3,(H,16,17). The number of nitrogens with zero attached hydrogens (tertiary/aromatic N) is 2. The summed E-state index contributed by atoms with van der Waals surface area (Å²) in [7, 11) is 1.60. The fourth-order valence-corrected chi connectivity index (χ4v) is 1.32. The number of aryl methyl sites for hydroxylation is 1. The Morgan fingerprint density at radius 1 is 1.65 bits per heavy atom. The molecule has 1 rings (SSSR count). The summed E-state index contributed by atoms with van der Waals surface area (Å²) < 4.78 is 13.5. The average molecular weight is 238 g/mol. The average Bonchev–Trinajstić information content (AvgIpc) is 2.30. The zero-order valence-corrected chi connectivity index (χ0v) is 9.88. The highest BCUT2D eigenvalue weighted by Gasteiger charge is 2.12. The summed E-state index contributed by atoms with van der Waals surface area (Å²) in [6.07, 6.45) is 0.310. The van der Waals surface area contributed by atoms with E-state index in [1.807, 2.05) is 0 Å². The van der Waals surface area contributed by atoms with E-state index in [2.05, 4.69) is 21.5 Å². The molecule has 0 aliphatic heterocycles. The molecular formula is C11H15FN4O. The van der Waals surface area contributed by atoms with Gasteiger partial charge in [-0.2, -0.15) is 4.39 Å². The Hall–Kier alpha value is -1.82. The Kier molecular flexibility index (Phi) is 4.28. The molecule has 6 heteroatoms. The Morgan fingerprint density at radius 3 is 2.82 bits per heavy atom. The molecule has 0 fully saturated rings. The Bertz CT molecular complexity index is 519. The lowest BCUT2D eigenvalue weighted by Gasteiger charge is -2.07. The first-order chi connectivity index (χ1) is 7.99. The highest BCUT2D eigenvalue weighted by atomic mass is 19.1. The third kappa shape index (κ3) is 3.07. The molecule has 0 radical (unpaired) electrons. The number of nitrogens with one attached hydrogen (secondary N) is 1. The molecule has 0 aliphatic carbocycles. The molecule has 0 saturated carbocycles. The molecule has 0 unspecified atom stereocenters. The molecule has 92 valence electrons. The first kappa shape index (κ1) is 13.2. The van der Waals surface area contributed by atoms with Gasteiger partial charge in [-0.15, -0.1) is 0 Å². The van der Waals surface area contributed by atoms with Crippen LogP contribution in [0.25, 0.3) is 5.57 Å². The van der Waals surface area contributed by atoms with Crippen LogP contribution < -0.4 is 11.3 Å². The molecular weight excluding hydrogens is 223 g/mol. The number of hydrogen-bond acceptors (Lipinski definition) is 4. The van der Waals surface area contributed by atoms with E-state index in [4.69, 9.17) is 5.73 Å². The summed E-state index contributed by atoms with van der Waals surface area (Å²) in [6.45, 7) is 5.41. The molecule has 1 aromatic rings. The van der Waals surface area contributed by atoms with Gasteiger partial charge in [0.05, 0.1) is 5.69 Å². The first-order valence-corrected chi connectivity index (χ1v) is 5.08. The van der Waals surface area contributed by atoms with Gasteiger partial charge in [-0.25, -0.2) is 4.98 Å². The van der Waals surface area contributed by atoms with Crippen molar-refractivity contribution < 1.29 is 4.39 Å². The van der Waals surface area contributed by atoms with Crippen molar-refractivity contribution in [2.75, 3.05) is 13.6 Å². The maximum absolute atomic E-state index is 13.5. The number of aliphatic imine (C=N–C) groups is 1. The third-order valence-corrected chi connectivity index (χ3v) is 2.36. The highest BCUT2D eigenvalue weighted by molar-refractivity contribution is 5.94. The second-order valence-corrected chi connectivity index (χ2v) is 3.59. The van der Waals surface area contributed by atoms with Gasteiger partial charge in [0, 0.05) is 25.7 Å². The molecule has 5 nitrogen and oxygen atoms in total. The molecule has 0 spiro atoms. The van der Waals surface area contributed by atoms with E-state index in [1.165, 1.54) is 6.92 Å². The van der Waals surface area contributed by atoms with Crippen LogP contribution in [0.15, 0.2) is 16.4 Å². The highest BCUT2D eigenvalue weighted by Crippen LogP contribution is 2.15. The van der Waals surface area contributed by atoms with Gasteiger partial charge in [-0.05, 0) is 12.5 Å². The molecule has 1 aromatic heterocycles. The van der Waals surface area contributed by atoms with Crippen molar-refractivity contribution in [1.29, 1.82) is 0 Å². The van der Waals surface area contributed by atoms with Gasteiger partial charge >= 0.3 is 0 Å². The Labute approximate surface area is 98.3 Å². The maximum atomic E-state index is 13.5. The van der Waals surface area contributed by atoms with Gasteiger partial charge in [0.15, 0.2) is 0 Å². The number of H-pyrrole nitrogens is 1. The lowest BCUT2D eigenvalue weighted by Crippen LogP contribution is -2.19.